The van der Waals surface area contributed by atoms with Crippen LogP contribution < -0.4 is 14.4 Å². The van der Waals surface area contributed by atoms with Crippen molar-refractivity contribution in [2.24, 2.45) is 0 Å². The van der Waals surface area contributed by atoms with Crippen LogP contribution in [0.5, 0.6) is 5.75 Å². The molecule has 2 rings (SSSR count). The minimum absolute atomic E-state index is 0.0798. The van der Waals surface area contributed by atoms with Crippen molar-refractivity contribution >= 4 is 27.3 Å². The van der Waals surface area contributed by atoms with Gasteiger partial charge in [-0.1, -0.05) is 0 Å². The SMILES string of the molecule is COc1ccc(N(C)S(C)(=O)=O)cc1C(=O)Nc1ccc(F)c(F)c1F. The third kappa shape index (κ3) is 3.90. The standard InChI is InChI=1S/C16H15F3N2O4S/c1-21(26(3,23)24)9-4-7-13(25-2)10(8-9)16(22)20-12-6-5-11(17)14(18)15(12)19/h4-8H,1-3H3,(H,20,22). The summed E-state index contributed by atoms with van der Waals surface area (Å²) in [5, 5.41) is 2.11. The van der Waals surface area contributed by atoms with Crippen LogP contribution in [0.25, 0.3) is 0 Å². The third-order valence-electron chi connectivity index (χ3n) is 3.57. The van der Waals surface area contributed by atoms with Crippen LogP contribution in [0.3, 0.4) is 0 Å². The van der Waals surface area contributed by atoms with Crippen molar-refractivity contribution in [2.45, 2.75) is 0 Å². The van der Waals surface area contributed by atoms with Crippen molar-refractivity contribution in [3.05, 3.63) is 53.3 Å². The molecule has 0 heterocycles. The molecule has 0 saturated carbocycles. The number of amides is 1. The molecule has 6 nitrogen and oxygen atoms in total. The van der Waals surface area contributed by atoms with Gasteiger partial charge >= 0.3 is 0 Å². The largest absolute Gasteiger partial charge is 0.496 e. The lowest BCUT2D eigenvalue weighted by Gasteiger charge is -2.18. The Morgan fingerprint density at radius 3 is 2.35 bits per heavy atom. The summed E-state index contributed by atoms with van der Waals surface area (Å²) in [6.45, 7) is 0. The summed E-state index contributed by atoms with van der Waals surface area (Å²) >= 11 is 0. The molecule has 0 aliphatic rings. The Balaban J connectivity index is 2.43. The minimum atomic E-state index is -3.58. The van der Waals surface area contributed by atoms with Crippen LogP contribution in [0.2, 0.25) is 0 Å². The Kier molecular flexibility index (Phi) is 5.45. The lowest BCUT2D eigenvalue weighted by atomic mass is 10.1. The highest BCUT2D eigenvalue weighted by atomic mass is 32.2. The number of sulfonamides is 1. The summed E-state index contributed by atoms with van der Waals surface area (Å²) in [5.41, 5.74) is -0.535. The zero-order valence-electron chi connectivity index (χ0n) is 14.0. The van der Waals surface area contributed by atoms with Gasteiger partial charge in [0.1, 0.15) is 5.75 Å². The number of methoxy groups -OCH3 is 1. The Morgan fingerprint density at radius 2 is 1.77 bits per heavy atom. The van der Waals surface area contributed by atoms with E-state index in [0.29, 0.717) is 6.07 Å². The number of rotatable bonds is 5. The van der Waals surface area contributed by atoms with E-state index in [-0.39, 0.29) is 17.0 Å². The van der Waals surface area contributed by atoms with Crippen LogP contribution in [0.4, 0.5) is 24.5 Å². The normalized spacial score (nSPS) is 11.2. The van der Waals surface area contributed by atoms with E-state index in [4.69, 9.17) is 4.74 Å². The van der Waals surface area contributed by atoms with Gasteiger partial charge in [-0.2, -0.15) is 0 Å². The quantitative estimate of drug-likeness (QED) is 0.800. The Bertz CT molecular complexity index is 964. The fourth-order valence-electron chi connectivity index (χ4n) is 2.07. The number of hydrogen-bond donors (Lipinski definition) is 1. The molecule has 2 aromatic carbocycles. The van der Waals surface area contributed by atoms with E-state index in [9.17, 15) is 26.4 Å². The first-order valence-electron chi connectivity index (χ1n) is 7.13. The van der Waals surface area contributed by atoms with Crippen LogP contribution in [-0.2, 0) is 10.0 Å². The van der Waals surface area contributed by atoms with Gasteiger partial charge in [0.15, 0.2) is 17.5 Å². The van der Waals surface area contributed by atoms with Crippen LogP contribution in [0.1, 0.15) is 10.4 Å². The summed E-state index contributed by atoms with van der Waals surface area (Å²) in [7, 11) is -1.02. The molecule has 0 saturated heterocycles. The number of hydrogen-bond acceptors (Lipinski definition) is 4. The molecule has 2 aromatic rings. The topological polar surface area (TPSA) is 75.7 Å². The van der Waals surface area contributed by atoms with Crippen molar-refractivity contribution in [1.82, 2.24) is 0 Å². The third-order valence-corrected chi connectivity index (χ3v) is 4.78. The molecule has 0 bridgehead atoms. The predicted octanol–water partition coefficient (Wildman–Crippen LogP) is 2.76. The second-order valence-corrected chi connectivity index (χ2v) is 7.31. The molecule has 0 fully saturated rings. The maximum Gasteiger partial charge on any atom is 0.259 e. The molecule has 0 aromatic heterocycles. The first-order valence-corrected chi connectivity index (χ1v) is 8.98. The summed E-state index contributed by atoms with van der Waals surface area (Å²) in [4.78, 5) is 12.4. The molecular weight excluding hydrogens is 373 g/mol. The average Bonchev–Trinajstić information content (AvgIpc) is 2.60. The fourth-order valence-corrected chi connectivity index (χ4v) is 2.57. The van der Waals surface area contributed by atoms with Gasteiger partial charge in [0.2, 0.25) is 10.0 Å². The van der Waals surface area contributed by atoms with E-state index < -0.39 is 39.1 Å². The Morgan fingerprint density at radius 1 is 1.12 bits per heavy atom. The van der Waals surface area contributed by atoms with Gasteiger partial charge in [0, 0.05) is 7.05 Å². The number of benzene rings is 2. The highest BCUT2D eigenvalue weighted by Crippen LogP contribution is 2.27. The maximum absolute atomic E-state index is 13.7. The van der Waals surface area contributed by atoms with Gasteiger partial charge in [-0.15, -0.1) is 0 Å². The van der Waals surface area contributed by atoms with Gasteiger partial charge < -0.3 is 10.1 Å². The number of nitrogens with zero attached hydrogens (tertiary/aromatic N) is 1. The van der Waals surface area contributed by atoms with E-state index in [1.165, 1.54) is 32.4 Å². The maximum atomic E-state index is 13.7. The van der Waals surface area contributed by atoms with E-state index in [1.807, 2.05) is 0 Å². The average molecular weight is 388 g/mol. The molecule has 0 atom stereocenters. The molecule has 1 amide bonds. The van der Waals surface area contributed by atoms with Gasteiger partial charge in [0.05, 0.1) is 30.3 Å². The monoisotopic (exact) mass is 388 g/mol. The number of anilines is 2. The summed E-state index contributed by atoms with van der Waals surface area (Å²) in [6.07, 6.45) is 0.980. The summed E-state index contributed by atoms with van der Waals surface area (Å²) in [5.74, 6) is -5.48. The smallest absolute Gasteiger partial charge is 0.259 e. The van der Waals surface area contributed by atoms with E-state index in [1.54, 1.807) is 0 Å². The second kappa shape index (κ2) is 7.24. The summed E-state index contributed by atoms with van der Waals surface area (Å²) < 4.78 is 69.3. The number of carbonyl (C=O) groups is 1. The molecule has 10 heteroatoms. The molecule has 0 aliphatic carbocycles. The number of nitrogens with one attached hydrogen (secondary N) is 1. The summed E-state index contributed by atoms with van der Waals surface area (Å²) in [6, 6.07) is 5.51. The van der Waals surface area contributed by atoms with Gasteiger partial charge in [-0.25, -0.2) is 21.6 Å². The zero-order valence-corrected chi connectivity index (χ0v) is 14.8. The second-order valence-electron chi connectivity index (χ2n) is 5.29. The molecule has 0 radical (unpaired) electrons. The lowest BCUT2D eigenvalue weighted by Crippen LogP contribution is -2.25. The molecule has 0 spiro atoms. The van der Waals surface area contributed by atoms with Crippen molar-refractivity contribution in [3.63, 3.8) is 0 Å². The lowest BCUT2D eigenvalue weighted by molar-refractivity contribution is 0.102. The van der Waals surface area contributed by atoms with Crippen LogP contribution in [-0.4, -0.2) is 34.7 Å². The van der Waals surface area contributed by atoms with Crippen LogP contribution >= 0.6 is 0 Å². The molecule has 140 valence electrons. The fraction of sp³-hybridized carbons (Fsp3) is 0.188. The van der Waals surface area contributed by atoms with E-state index in [0.717, 1.165) is 16.6 Å². The molecule has 26 heavy (non-hydrogen) atoms. The molecule has 0 aliphatic heterocycles. The first-order chi connectivity index (χ1) is 12.1. The van der Waals surface area contributed by atoms with Gasteiger partial charge in [-0.05, 0) is 30.3 Å². The van der Waals surface area contributed by atoms with Crippen molar-refractivity contribution < 1.29 is 31.1 Å². The Hall–Kier alpha value is -2.75. The number of carbonyl (C=O) groups excluding carboxylic acids is 1. The Labute approximate surface area is 148 Å². The molecule has 1 N–H and O–H groups in total. The minimum Gasteiger partial charge on any atom is -0.496 e. The van der Waals surface area contributed by atoms with Crippen molar-refractivity contribution in [3.8, 4) is 5.75 Å². The first kappa shape index (κ1) is 19.6. The molecular formula is C16H15F3N2O4S. The van der Waals surface area contributed by atoms with Crippen LogP contribution in [0.15, 0.2) is 30.3 Å². The zero-order chi connectivity index (χ0) is 19.6. The van der Waals surface area contributed by atoms with E-state index in [2.05, 4.69) is 5.32 Å². The highest BCUT2D eigenvalue weighted by Gasteiger charge is 2.20. The highest BCUT2D eigenvalue weighted by molar-refractivity contribution is 7.92. The number of halogens is 3. The van der Waals surface area contributed by atoms with Gasteiger partial charge in [-0.3, -0.25) is 9.10 Å². The van der Waals surface area contributed by atoms with E-state index >= 15 is 0 Å². The number of ether oxygens (including phenoxy) is 1. The van der Waals surface area contributed by atoms with Crippen molar-refractivity contribution in [2.75, 3.05) is 30.0 Å². The van der Waals surface area contributed by atoms with Crippen LogP contribution in [0, 0.1) is 17.5 Å². The predicted molar refractivity (Wildman–Crippen MR) is 90.5 cm³/mol. The van der Waals surface area contributed by atoms with Gasteiger partial charge in [0.25, 0.3) is 5.91 Å². The molecule has 0 unspecified atom stereocenters. The van der Waals surface area contributed by atoms with Crippen molar-refractivity contribution in [1.29, 1.82) is 0 Å².